The Balaban J connectivity index is 1.94. The molecule has 0 aliphatic heterocycles. The number of rotatable bonds is 5. The number of thiazole rings is 1. The molecule has 120 valence electrons. The third kappa shape index (κ3) is 3.23. The van der Waals surface area contributed by atoms with Gasteiger partial charge in [-0.3, -0.25) is 0 Å². The number of aliphatic hydroxyl groups is 1. The first kappa shape index (κ1) is 16.0. The first-order chi connectivity index (χ1) is 11.1. The first-order valence-electron chi connectivity index (χ1n) is 7.77. The lowest BCUT2D eigenvalue weighted by atomic mass is 9.98. The van der Waals surface area contributed by atoms with Gasteiger partial charge in [0.1, 0.15) is 10.8 Å². The van der Waals surface area contributed by atoms with Crippen molar-refractivity contribution < 1.29 is 9.84 Å². The van der Waals surface area contributed by atoms with E-state index in [1.165, 1.54) is 21.2 Å². The molecule has 23 heavy (non-hydrogen) atoms. The second-order valence-corrected chi connectivity index (χ2v) is 6.84. The highest BCUT2D eigenvalue weighted by atomic mass is 32.1. The molecule has 3 nitrogen and oxygen atoms in total. The molecule has 1 unspecified atom stereocenters. The van der Waals surface area contributed by atoms with Gasteiger partial charge in [-0.1, -0.05) is 31.2 Å². The summed E-state index contributed by atoms with van der Waals surface area (Å²) in [7, 11) is 1.69. The molecule has 1 atom stereocenters. The lowest BCUT2D eigenvalue weighted by Gasteiger charge is -2.10. The Morgan fingerprint density at radius 1 is 1.17 bits per heavy atom. The van der Waals surface area contributed by atoms with Gasteiger partial charge in [-0.2, -0.15) is 0 Å². The van der Waals surface area contributed by atoms with Gasteiger partial charge in [-0.15, -0.1) is 11.3 Å². The van der Waals surface area contributed by atoms with Gasteiger partial charge in [-0.25, -0.2) is 4.98 Å². The summed E-state index contributed by atoms with van der Waals surface area (Å²) in [6.07, 6.45) is 0.688. The number of benzene rings is 2. The summed E-state index contributed by atoms with van der Waals surface area (Å²) in [5.41, 5.74) is 2.29. The molecule has 0 fully saturated rings. The molecule has 1 aromatic heterocycles. The van der Waals surface area contributed by atoms with Crippen molar-refractivity contribution in [1.29, 1.82) is 0 Å². The zero-order chi connectivity index (χ0) is 16.4. The number of hydrogen-bond donors (Lipinski definition) is 1. The van der Waals surface area contributed by atoms with Crippen LogP contribution in [0, 0.1) is 6.92 Å². The van der Waals surface area contributed by atoms with E-state index < -0.39 is 0 Å². The number of nitrogens with zero attached hydrogens (tertiary/aromatic N) is 1. The van der Waals surface area contributed by atoms with Crippen molar-refractivity contribution in [2.45, 2.75) is 26.2 Å². The minimum absolute atomic E-state index is 0.175. The largest absolute Gasteiger partial charge is 0.497 e. The van der Waals surface area contributed by atoms with Crippen molar-refractivity contribution in [3.63, 3.8) is 0 Å². The van der Waals surface area contributed by atoms with Gasteiger partial charge in [0.2, 0.25) is 0 Å². The maximum absolute atomic E-state index is 9.14. The van der Waals surface area contributed by atoms with Gasteiger partial charge < -0.3 is 9.84 Å². The zero-order valence-electron chi connectivity index (χ0n) is 13.7. The fourth-order valence-corrected chi connectivity index (χ4v) is 3.89. The topological polar surface area (TPSA) is 42.4 Å². The molecule has 0 amide bonds. The van der Waals surface area contributed by atoms with E-state index in [-0.39, 0.29) is 12.5 Å². The van der Waals surface area contributed by atoms with Gasteiger partial charge in [0.25, 0.3) is 0 Å². The Kier molecular flexibility index (Phi) is 4.64. The van der Waals surface area contributed by atoms with Crippen molar-refractivity contribution in [3.8, 4) is 5.75 Å². The van der Waals surface area contributed by atoms with Crippen LogP contribution in [0.2, 0.25) is 0 Å². The third-order valence-electron chi connectivity index (χ3n) is 4.19. The van der Waals surface area contributed by atoms with Crippen LogP contribution in [0.25, 0.3) is 10.8 Å². The molecule has 2 aromatic carbocycles. The van der Waals surface area contributed by atoms with E-state index in [1.54, 1.807) is 18.4 Å². The molecular weight excluding hydrogens is 306 g/mol. The minimum Gasteiger partial charge on any atom is -0.497 e. The van der Waals surface area contributed by atoms with Gasteiger partial charge in [0.15, 0.2) is 0 Å². The molecule has 0 bridgehead atoms. The molecule has 0 aliphatic rings. The Morgan fingerprint density at radius 2 is 1.91 bits per heavy atom. The van der Waals surface area contributed by atoms with Crippen LogP contribution in [-0.4, -0.2) is 23.8 Å². The molecule has 0 radical (unpaired) electrons. The number of fused-ring (bicyclic) bond motifs is 1. The summed E-state index contributed by atoms with van der Waals surface area (Å²) in [5, 5.41) is 12.6. The monoisotopic (exact) mass is 327 g/mol. The number of methoxy groups -OCH3 is 1. The van der Waals surface area contributed by atoms with Crippen LogP contribution in [0.15, 0.2) is 36.4 Å². The molecule has 0 saturated heterocycles. The van der Waals surface area contributed by atoms with E-state index in [9.17, 15) is 0 Å². The Labute approximate surface area is 140 Å². The molecule has 0 saturated carbocycles. The molecule has 0 spiro atoms. The first-order valence-corrected chi connectivity index (χ1v) is 8.58. The lowest BCUT2D eigenvalue weighted by Crippen LogP contribution is -1.95. The summed E-state index contributed by atoms with van der Waals surface area (Å²) >= 11 is 1.71. The van der Waals surface area contributed by atoms with E-state index in [2.05, 4.69) is 37.3 Å². The third-order valence-corrected chi connectivity index (χ3v) is 5.59. The SMILES string of the molecule is COc1ccc2cc(C(C)c3nc(C)c(CCO)s3)ccc2c1. The maximum atomic E-state index is 9.14. The Hall–Kier alpha value is -1.91. The van der Waals surface area contributed by atoms with Crippen LogP contribution < -0.4 is 4.74 Å². The molecule has 1 heterocycles. The van der Waals surface area contributed by atoms with Crippen LogP contribution in [0.4, 0.5) is 0 Å². The van der Waals surface area contributed by atoms with E-state index in [1.807, 2.05) is 13.0 Å². The van der Waals surface area contributed by atoms with Gasteiger partial charge in [0, 0.05) is 23.8 Å². The van der Waals surface area contributed by atoms with Gasteiger partial charge >= 0.3 is 0 Å². The van der Waals surface area contributed by atoms with Crippen LogP contribution >= 0.6 is 11.3 Å². The van der Waals surface area contributed by atoms with E-state index >= 15 is 0 Å². The van der Waals surface area contributed by atoms with Crippen molar-refractivity contribution in [2.24, 2.45) is 0 Å². The van der Waals surface area contributed by atoms with E-state index in [0.717, 1.165) is 16.5 Å². The number of aryl methyl sites for hydroxylation is 1. The second kappa shape index (κ2) is 6.69. The minimum atomic E-state index is 0.175. The summed E-state index contributed by atoms with van der Waals surface area (Å²) in [6.45, 7) is 4.38. The van der Waals surface area contributed by atoms with Crippen LogP contribution in [0.3, 0.4) is 0 Å². The van der Waals surface area contributed by atoms with Crippen molar-refractivity contribution >= 4 is 22.1 Å². The van der Waals surface area contributed by atoms with E-state index in [4.69, 9.17) is 14.8 Å². The lowest BCUT2D eigenvalue weighted by molar-refractivity contribution is 0.300. The number of ether oxygens (including phenoxy) is 1. The predicted octanol–water partition coefficient (Wildman–Crippen LogP) is 4.30. The quantitative estimate of drug-likeness (QED) is 0.760. The van der Waals surface area contributed by atoms with Crippen LogP contribution in [-0.2, 0) is 6.42 Å². The summed E-state index contributed by atoms with van der Waals surface area (Å²) in [5.74, 6) is 1.13. The number of aromatic nitrogens is 1. The van der Waals surface area contributed by atoms with E-state index in [0.29, 0.717) is 6.42 Å². The normalized spacial score (nSPS) is 12.5. The van der Waals surface area contributed by atoms with Crippen molar-refractivity contribution in [3.05, 3.63) is 57.5 Å². The zero-order valence-corrected chi connectivity index (χ0v) is 14.5. The average molecular weight is 327 g/mol. The summed E-state index contributed by atoms with van der Waals surface area (Å²) < 4.78 is 5.28. The highest BCUT2D eigenvalue weighted by molar-refractivity contribution is 7.11. The highest BCUT2D eigenvalue weighted by Crippen LogP contribution is 2.32. The van der Waals surface area contributed by atoms with Crippen molar-refractivity contribution in [1.82, 2.24) is 4.98 Å². The van der Waals surface area contributed by atoms with Crippen LogP contribution in [0.5, 0.6) is 5.75 Å². The average Bonchev–Trinajstić information content (AvgIpc) is 2.94. The summed E-state index contributed by atoms with van der Waals surface area (Å²) in [4.78, 5) is 5.88. The highest BCUT2D eigenvalue weighted by Gasteiger charge is 2.15. The standard InChI is InChI=1S/C19H21NO2S/c1-12(19-20-13(2)18(23-19)8-9-21)14-4-5-16-11-17(22-3)7-6-15(16)10-14/h4-7,10-12,21H,8-9H2,1-3H3. The van der Waals surface area contributed by atoms with Crippen molar-refractivity contribution in [2.75, 3.05) is 13.7 Å². The van der Waals surface area contributed by atoms with Gasteiger partial charge in [-0.05, 0) is 35.4 Å². The molecule has 4 heteroatoms. The molecule has 3 rings (SSSR count). The molecular formula is C19H21NO2S. The molecule has 1 N–H and O–H groups in total. The smallest absolute Gasteiger partial charge is 0.119 e. The number of hydrogen-bond acceptors (Lipinski definition) is 4. The fraction of sp³-hybridized carbons (Fsp3) is 0.316. The summed E-state index contributed by atoms with van der Waals surface area (Å²) in [6, 6.07) is 12.7. The maximum Gasteiger partial charge on any atom is 0.119 e. The van der Waals surface area contributed by atoms with Gasteiger partial charge in [0.05, 0.1) is 12.8 Å². The molecule has 3 aromatic rings. The number of aliphatic hydroxyl groups excluding tert-OH is 1. The molecule has 0 aliphatic carbocycles. The van der Waals surface area contributed by atoms with Crippen LogP contribution in [0.1, 0.15) is 34.0 Å². The fourth-order valence-electron chi connectivity index (χ4n) is 2.75. The second-order valence-electron chi connectivity index (χ2n) is 5.73. The Morgan fingerprint density at radius 3 is 2.65 bits per heavy atom. The predicted molar refractivity (Wildman–Crippen MR) is 95.7 cm³/mol. The Bertz CT molecular complexity index is 825.